The molecule has 41 heavy (non-hydrogen) atoms. The van der Waals surface area contributed by atoms with E-state index in [4.69, 9.17) is 0 Å². The van der Waals surface area contributed by atoms with Crippen LogP contribution in [-0.4, -0.2) is 18.1 Å². The molecule has 0 radical (unpaired) electrons. The number of phenols is 1. The lowest BCUT2D eigenvalue weighted by atomic mass is 10.1. The first-order valence-corrected chi connectivity index (χ1v) is 14.1. The van der Waals surface area contributed by atoms with E-state index in [-0.39, 0.29) is 5.69 Å². The number of aromatic hydroxyl groups is 1. The number of fused-ring (bicyclic) bond motifs is 1. The summed E-state index contributed by atoms with van der Waals surface area (Å²) in [7, 11) is -4.75. The van der Waals surface area contributed by atoms with E-state index >= 15 is 0 Å². The summed E-state index contributed by atoms with van der Waals surface area (Å²) in [6.45, 7) is 5.66. The molecule has 0 unspecified atom stereocenters. The maximum Gasteiger partial charge on any atom is 0.296 e. The van der Waals surface area contributed by atoms with Crippen LogP contribution in [0.4, 0.5) is 34.1 Å². The molecular formula is C31H27N5O4S. The fourth-order valence-electron chi connectivity index (χ4n) is 4.24. The van der Waals surface area contributed by atoms with Crippen LogP contribution in [0.3, 0.4) is 0 Å². The van der Waals surface area contributed by atoms with Gasteiger partial charge < -0.3 is 10.4 Å². The van der Waals surface area contributed by atoms with Crippen molar-refractivity contribution in [3.63, 3.8) is 0 Å². The van der Waals surface area contributed by atoms with Crippen LogP contribution in [0.25, 0.3) is 10.8 Å². The smallest absolute Gasteiger partial charge is 0.296 e. The summed E-state index contributed by atoms with van der Waals surface area (Å²) in [4.78, 5) is -0.555. The number of anilines is 2. The highest BCUT2D eigenvalue weighted by atomic mass is 32.2. The second kappa shape index (κ2) is 11.3. The van der Waals surface area contributed by atoms with Gasteiger partial charge in [0.2, 0.25) is 0 Å². The van der Waals surface area contributed by atoms with Crippen molar-refractivity contribution in [2.75, 3.05) is 5.32 Å². The first-order chi connectivity index (χ1) is 19.6. The molecule has 0 spiro atoms. The molecule has 0 amide bonds. The first-order valence-electron chi connectivity index (χ1n) is 12.7. The molecule has 0 aliphatic carbocycles. The summed E-state index contributed by atoms with van der Waals surface area (Å²) in [5.41, 5.74) is 5.58. The van der Waals surface area contributed by atoms with Crippen LogP contribution in [0, 0.1) is 20.8 Å². The van der Waals surface area contributed by atoms with Crippen LogP contribution < -0.4 is 5.32 Å². The number of aryl methyl sites for hydroxylation is 3. The van der Waals surface area contributed by atoms with Crippen molar-refractivity contribution in [2.24, 2.45) is 20.5 Å². The van der Waals surface area contributed by atoms with Gasteiger partial charge in [-0.3, -0.25) is 4.55 Å². The van der Waals surface area contributed by atoms with Crippen molar-refractivity contribution in [3.05, 3.63) is 108 Å². The van der Waals surface area contributed by atoms with Gasteiger partial charge in [-0.25, -0.2) is 0 Å². The molecular weight excluding hydrogens is 538 g/mol. The van der Waals surface area contributed by atoms with Crippen molar-refractivity contribution in [2.45, 2.75) is 25.7 Å². The summed E-state index contributed by atoms with van der Waals surface area (Å²) in [5, 5.41) is 32.0. The molecule has 0 bridgehead atoms. The third kappa shape index (κ3) is 6.29. The van der Waals surface area contributed by atoms with Crippen LogP contribution in [0.2, 0.25) is 0 Å². The lowest BCUT2D eigenvalue weighted by Gasteiger charge is -2.12. The van der Waals surface area contributed by atoms with Gasteiger partial charge in [0, 0.05) is 16.8 Å². The van der Waals surface area contributed by atoms with Gasteiger partial charge in [-0.2, -0.15) is 23.8 Å². The number of azo groups is 2. The number of nitrogens with zero attached hydrogens (tertiary/aromatic N) is 4. The van der Waals surface area contributed by atoms with Crippen molar-refractivity contribution >= 4 is 55.0 Å². The topological polar surface area (TPSA) is 136 Å². The predicted octanol–water partition coefficient (Wildman–Crippen LogP) is 9.29. The molecule has 0 aliphatic heterocycles. The summed E-state index contributed by atoms with van der Waals surface area (Å²) >= 11 is 0. The van der Waals surface area contributed by atoms with Gasteiger partial charge in [0.15, 0.2) is 5.75 Å². The van der Waals surface area contributed by atoms with E-state index in [0.717, 1.165) is 22.5 Å². The molecule has 0 aromatic heterocycles. The van der Waals surface area contributed by atoms with Crippen molar-refractivity contribution in [3.8, 4) is 5.75 Å². The molecule has 5 aromatic rings. The third-order valence-electron chi connectivity index (χ3n) is 6.47. The highest BCUT2D eigenvalue weighted by Gasteiger charge is 2.22. The second-order valence-electron chi connectivity index (χ2n) is 9.63. The molecule has 5 aromatic carbocycles. The zero-order valence-corrected chi connectivity index (χ0v) is 23.4. The Bertz CT molecular complexity index is 1920. The average Bonchev–Trinajstić information content (AvgIpc) is 2.94. The minimum Gasteiger partial charge on any atom is -0.505 e. The number of benzene rings is 5. The van der Waals surface area contributed by atoms with E-state index in [0.29, 0.717) is 33.4 Å². The molecule has 9 nitrogen and oxygen atoms in total. The largest absolute Gasteiger partial charge is 0.505 e. The SMILES string of the molecule is Cc1ccc(/N=N/c2cc(C)c(/N=N/c3c(S(=O)(=O)O)cc4cc(Nc5ccccc5)ccc4c3O)cc2C)cc1. The Morgan fingerprint density at radius 2 is 1.32 bits per heavy atom. The first kappa shape index (κ1) is 27.6. The van der Waals surface area contributed by atoms with E-state index in [1.54, 1.807) is 30.3 Å². The molecule has 206 valence electrons. The summed E-state index contributed by atoms with van der Waals surface area (Å²) < 4.78 is 34.6. The Balaban J connectivity index is 1.49. The summed E-state index contributed by atoms with van der Waals surface area (Å²) in [6.07, 6.45) is 0. The quantitative estimate of drug-likeness (QED) is 0.133. The van der Waals surface area contributed by atoms with Crippen LogP contribution in [0.5, 0.6) is 5.75 Å². The second-order valence-corrected chi connectivity index (χ2v) is 11.0. The lowest BCUT2D eigenvalue weighted by Crippen LogP contribution is -1.99. The standard InChI is InChI=1S/C31H27N5O4S/c1-19-9-11-24(12-10-19)33-34-27-15-21(3)28(16-20(27)2)35-36-30-29(41(38,39)40)18-22-17-25(13-14-26(22)31(30)37)32-23-7-5-4-6-8-23/h4-18,32,37H,1-3H3,(H,38,39,40)/b34-33+,36-35+. The number of nitrogens with one attached hydrogen (secondary N) is 1. The zero-order valence-electron chi connectivity index (χ0n) is 22.6. The molecule has 0 heterocycles. The van der Waals surface area contributed by atoms with E-state index in [1.165, 1.54) is 6.07 Å². The normalized spacial score (nSPS) is 12.0. The average molecular weight is 566 g/mol. The highest BCUT2D eigenvalue weighted by molar-refractivity contribution is 7.86. The van der Waals surface area contributed by atoms with Crippen LogP contribution in [0.15, 0.2) is 116 Å². The number of rotatable bonds is 7. The zero-order chi connectivity index (χ0) is 29.1. The summed E-state index contributed by atoms with van der Waals surface area (Å²) in [5.74, 6) is -0.414. The molecule has 0 aliphatic rings. The van der Waals surface area contributed by atoms with Crippen molar-refractivity contribution < 1.29 is 18.1 Å². The van der Waals surface area contributed by atoms with Crippen LogP contribution in [-0.2, 0) is 10.1 Å². The van der Waals surface area contributed by atoms with E-state index in [9.17, 15) is 18.1 Å². The van der Waals surface area contributed by atoms with Crippen LogP contribution in [0.1, 0.15) is 16.7 Å². The van der Waals surface area contributed by atoms with Gasteiger partial charge in [-0.15, -0.1) is 5.11 Å². The highest BCUT2D eigenvalue weighted by Crippen LogP contribution is 2.42. The lowest BCUT2D eigenvalue weighted by molar-refractivity contribution is 0.472. The van der Waals surface area contributed by atoms with Gasteiger partial charge in [-0.05, 0) is 97.9 Å². The Morgan fingerprint density at radius 1 is 0.683 bits per heavy atom. The maximum absolute atomic E-state index is 12.3. The minimum atomic E-state index is -4.75. The maximum atomic E-state index is 12.3. The van der Waals surface area contributed by atoms with E-state index in [2.05, 4.69) is 25.8 Å². The Labute approximate surface area is 237 Å². The monoisotopic (exact) mass is 565 g/mol. The van der Waals surface area contributed by atoms with Crippen molar-refractivity contribution in [1.29, 1.82) is 0 Å². The Morgan fingerprint density at radius 3 is 1.95 bits per heavy atom. The van der Waals surface area contributed by atoms with Crippen molar-refractivity contribution in [1.82, 2.24) is 0 Å². The van der Waals surface area contributed by atoms with Crippen LogP contribution >= 0.6 is 0 Å². The third-order valence-corrected chi connectivity index (χ3v) is 7.34. The van der Waals surface area contributed by atoms with E-state index in [1.807, 2.05) is 75.4 Å². The van der Waals surface area contributed by atoms with Gasteiger partial charge in [0.25, 0.3) is 10.1 Å². The van der Waals surface area contributed by atoms with E-state index < -0.39 is 20.8 Å². The van der Waals surface area contributed by atoms with Gasteiger partial charge in [0.05, 0.1) is 17.1 Å². The van der Waals surface area contributed by atoms with Gasteiger partial charge in [0.1, 0.15) is 10.6 Å². The Hall–Kier alpha value is -4.93. The fraction of sp³-hybridized carbons (Fsp3) is 0.0968. The number of hydrogen-bond acceptors (Lipinski definition) is 8. The summed E-state index contributed by atoms with van der Waals surface area (Å²) in [6, 6.07) is 27.0. The molecule has 0 atom stereocenters. The number of phenolic OH excluding ortho intramolecular Hbond substituents is 1. The molecule has 0 fully saturated rings. The molecule has 0 saturated heterocycles. The Kier molecular flexibility index (Phi) is 7.60. The fourth-order valence-corrected chi connectivity index (χ4v) is 4.90. The number of para-hydroxylation sites is 1. The molecule has 10 heteroatoms. The molecule has 3 N–H and O–H groups in total. The minimum absolute atomic E-state index is 0.352. The predicted molar refractivity (Wildman–Crippen MR) is 161 cm³/mol. The molecule has 0 saturated carbocycles. The van der Waals surface area contributed by atoms with Gasteiger partial charge in [-0.1, -0.05) is 35.9 Å². The van der Waals surface area contributed by atoms with Gasteiger partial charge >= 0.3 is 0 Å². The number of hydrogen-bond donors (Lipinski definition) is 3. The molecule has 5 rings (SSSR count).